The lowest BCUT2D eigenvalue weighted by Gasteiger charge is -2.21. The van der Waals surface area contributed by atoms with Crippen molar-refractivity contribution >= 4 is 28.6 Å². The molecule has 124 valence electrons. The summed E-state index contributed by atoms with van der Waals surface area (Å²) < 4.78 is 5.15. The molecule has 3 aromatic rings. The molecule has 4 nitrogen and oxygen atoms in total. The number of aromatic nitrogens is 1. The molecule has 0 spiro atoms. The summed E-state index contributed by atoms with van der Waals surface area (Å²) >= 11 is 3.13. The second-order valence-corrected chi connectivity index (χ2v) is 6.89. The van der Waals surface area contributed by atoms with Gasteiger partial charge >= 0.3 is 0 Å². The van der Waals surface area contributed by atoms with Gasteiger partial charge in [0.05, 0.1) is 6.61 Å². The molecule has 0 radical (unpaired) electrons. The van der Waals surface area contributed by atoms with Crippen LogP contribution >= 0.6 is 22.7 Å². The second-order valence-electron chi connectivity index (χ2n) is 5.26. The molecule has 0 N–H and O–H groups in total. The van der Waals surface area contributed by atoms with E-state index in [2.05, 4.69) is 4.98 Å². The highest BCUT2D eigenvalue weighted by atomic mass is 32.1. The summed E-state index contributed by atoms with van der Waals surface area (Å²) in [6.45, 7) is 1.59. The molecule has 0 saturated carbocycles. The van der Waals surface area contributed by atoms with Gasteiger partial charge in [-0.15, -0.1) is 11.3 Å². The molecule has 0 aliphatic rings. The molecule has 0 bridgehead atoms. The molecule has 0 aliphatic heterocycles. The molecule has 2 heterocycles. The minimum Gasteiger partial charge on any atom is -0.383 e. The molecule has 0 fully saturated rings. The van der Waals surface area contributed by atoms with E-state index in [1.165, 1.54) is 11.3 Å². The van der Waals surface area contributed by atoms with Crippen LogP contribution in [0.2, 0.25) is 0 Å². The minimum atomic E-state index is -0.0615. The van der Waals surface area contributed by atoms with E-state index in [1.807, 2.05) is 52.5 Å². The van der Waals surface area contributed by atoms with Crippen LogP contribution < -0.4 is 0 Å². The van der Waals surface area contributed by atoms with Crippen molar-refractivity contribution in [1.82, 2.24) is 9.88 Å². The van der Waals surface area contributed by atoms with E-state index in [1.54, 1.807) is 23.3 Å². The maximum absolute atomic E-state index is 12.9. The summed E-state index contributed by atoms with van der Waals surface area (Å²) in [5, 5.41) is 6.77. The van der Waals surface area contributed by atoms with Gasteiger partial charge in [0.2, 0.25) is 0 Å². The predicted molar refractivity (Wildman–Crippen MR) is 98.5 cm³/mol. The number of methoxy groups -OCH3 is 1. The van der Waals surface area contributed by atoms with Crippen molar-refractivity contribution in [3.8, 4) is 10.6 Å². The molecular weight excluding hydrogens is 340 g/mol. The molecule has 3 rings (SSSR count). The first-order valence-corrected chi connectivity index (χ1v) is 9.40. The summed E-state index contributed by atoms with van der Waals surface area (Å²) in [6.07, 6.45) is 0. The van der Waals surface area contributed by atoms with Gasteiger partial charge in [-0.05, 0) is 17.0 Å². The fraction of sp³-hybridized carbons (Fsp3) is 0.222. The fourth-order valence-electron chi connectivity index (χ4n) is 2.31. The van der Waals surface area contributed by atoms with Gasteiger partial charge in [-0.2, -0.15) is 11.3 Å². The number of hydrogen-bond acceptors (Lipinski definition) is 5. The summed E-state index contributed by atoms with van der Waals surface area (Å²) in [7, 11) is 1.64. The Morgan fingerprint density at radius 2 is 2.04 bits per heavy atom. The number of nitrogens with zero attached hydrogens (tertiary/aromatic N) is 2. The fourth-order valence-corrected chi connectivity index (χ4v) is 3.82. The van der Waals surface area contributed by atoms with Gasteiger partial charge in [-0.1, -0.05) is 30.3 Å². The van der Waals surface area contributed by atoms with Crippen LogP contribution in [0.25, 0.3) is 10.6 Å². The van der Waals surface area contributed by atoms with E-state index in [4.69, 9.17) is 4.74 Å². The van der Waals surface area contributed by atoms with Gasteiger partial charge in [-0.3, -0.25) is 4.79 Å². The number of thiophene rings is 1. The van der Waals surface area contributed by atoms with Gasteiger partial charge in [0.1, 0.15) is 10.7 Å². The third kappa shape index (κ3) is 4.08. The van der Waals surface area contributed by atoms with Crippen molar-refractivity contribution in [3.05, 3.63) is 63.8 Å². The van der Waals surface area contributed by atoms with E-state index >= 15 is 0 Å². The lowest BCUT2D eigenvalue weighted by Crippen LogP contribution is -2.33. The van der Waals surface area contributed by atoms with Crippen LogP contribution in [0.3, 0.4) is 0 Å². The molecule has 1 aromatic carbocycles. The third-order valence-corrected chi connectivity index (χ3v) is 5.13. The van der Waals surface area contributed by atoms with Gasteiger partial charge < -0.3 is 9.64 Å². The molecule has 0 aliphatic carbocycles. The van der Waals surface area contributed by atoms with Gasteiger partial charge in [0, 0.05) is 36.5 Å². The number of amides is 1. The zero-order valence-electron chi connectivity index (χ0n) is 13.3. The molecule has 0 unspecified atom stereocenters. The smallest absolute Gasteiger partial charge is 0.273 e. The maximum Gasteiger partial charge on any atom is 0.273 e. The minimum absolute atomic E-state index is 0.0615. The van der Waals surface area contributed by atoms with Crippen LogP contribution in [0.1, 0.15) is 16.1 Å². The Hall–Kier alpha value is -2.02. The Labute approximate surface area is 149 Å². The van der Waals surface area contributed by atoms with E-state index in [0.717, 1.165) is 16.1 Å². The molecule has 6 heteroatoms. The highest BCUT2D eigenvalue weighted by Crippen LogP contribution is 2.26. The molecule has 0 atom stereocenters. The van der Waals surface area contributed by atoms with Gasteiger partial charge in [0.15, 0.2) is 0 Å². The van der Waals surface area contributed by atoms with Crippen molar-refractivity contribution in [2.75, 3.05) is 20.3 Å². The van der Waals surface area contributed by atoms with Crippen LogP contribution in [0.5, 0.6) is 0 Å². The summed E-state index contributed by atoms with van der Waals surface area (Å²) in [5.74, 6) is -0.0615. The lowest BCUT2D eigenvalue weighted by molar-refractivity contribution is 0.0675. The predicted octanol–water partition coefficient (Wildman–Crippen LogP) is 4.16. The van der Waals surface area contributed by atoms with Crippen molar-refractivity contribution in [1.29, 1.82) is 0 Å². The Morgan fingerprint density at radius 1 is 1.21 bits per heavy atom. The third-order valence-electron chi connectivity index (χ3n) is 3.56. The SMILES string of the molecule is COCCN(Cc1ccccc1)C(=O)c1csc(-c2ccsc2)n1. The maximum atomic E-state index is 12.9. The average molecular weight is 358 g/mol. The first-order valence-electron chi connectivity index (χ1n) is 7.58. The first kappa shape index (κ1) is 16.8. The van der Waals surface area contributed by atoms with Crippen LogP contribution in [0, 0.1) is 0 Å². The van der Waals surface area contributed by atoms with E-state index in [9.17, 15) is 4.79 Å². The number of thiazole rings is 1. The first-order chi connectivity index (χ1) is 11.8. The molecule has 24 heavy (non-hydrogen) atoms. The monoisotopic (exact) mass is 358 g/mol. The van der Waals surface area contributed by atoms with Crippen LogP contribution in [-0.2, 0) is 11.3 Å². The summed E-state index contributed by atoms with van der Waals surface area (Å²) in [6, 6.07) is 12.0. The number of carbonyl (C=O) groups excluding carboxylic acids is 1. The zero-order valence-corrected chi connectivity index (χ0v) is 15.0. The molecule has 2 aromatic heterocycles. The number of ether oxygens (including phenoxy) is 1. The lowest BCUT2D eigenvalue weighted by atomic mass is 10.2. The molecule has 0 saturated heterocycles. The van der Waals surface area contributed by atoms with Crippen molar-refractivity contribution in [2.24, 2.45) is 0 Å². The Kier molecular flexibility index (Phi) is 5.74. The number of hydrogen-bond donors (Lipinski definition) is 0. The van der Waals surface area contributed by atoms with Crippen LogP contribution in [0.4, 0.5) is 0 Å². The Morgan fingerprint density at radius 3 is 2.75 bits per heavy atom. The van der Waals surface area contributed by atoms with Gasteiger partial charge in [0.25, 0.3) is 5.91 Å². The number of benzene rings is 1. The topological polar surface area (TPSA) is 42.4 Å². The highest BCUT2D eigenvalue weighted by molar-refractivity contribution is 7.14. The van der Waals surface area contributed by atoms with E-state index in [0.29, 0.717) is 25.4 Å². The van der Waals surface area contributed by atoms with Crippen molar-refractivity contribution in [2.45, 2.75) is 6.54 Å². The summed E-state index contributed by atoms with van der Waals surface area (Å²) in [4.78, 5) is 19.2. The summed E-state index contributed by atoms with van der Waals surface area (Å²) in [5.41, 5.74) is 2.65. The normalized spacial score (nSPS) is 10.7. The molecule has 1 amide bonds. The Bertz CT molecular complexity index is 769. The van der Waals surface area contributed by atoms with Crippen LogP contribution in [0.15, 0.2) is 52.5 Å². The standard InChI is InChI=1S/C18H18N2O2S2/c1-22-9-8-20(11-14-5-3-2-4-6-14)18(21)16-13-24-17(19-16)15-7-10-23-12-15/h2-7,10,12-13H,8-9,11H2,1H3. The molecular formula is C18H18N2O2S2. The zero-order chi connectivity index (χ0) is 16.8. The van der Waals surface area contributed by atoms with E-state index in [-0.39, 0.29) is 5.91 Å². The van der Waals surface area contributed by atoms with Gasteiger partial charge in [-0.25, -0.2) is 4.98 Å². The average Bonchev–Trinajstić information content (AvgIpc) is 3.29. The Balaban J connectivity index is 1.77. The van der Waals surface area contributed by atoms with Crippen molar-refractivity contribution in [3.63, 3.8) is 0 Å². The number of carbonyl (C=O) groups is 1. The highest BCUT2D eigenvalue weighted by Gasteiger charge is 2.19. The number of rotatable bonds is 7. The van der Waals surface area contributed by atoms with E-state index < -0.39 is 0 Å². The quantitative estimate of drug-likeness (QED) is 0.637. The largest absolute Gasteiger partial charge is 0.383 e. The second kappa shape index (κ2) is 8.19. The van der Waals surface area contributed by atoms with Crippen molar-refractivity contribution < 1.29 is 9.53 Å². The van der Waals surface area contributed by atoms with Crippen LogP contribution in [-0.4, -0.2) is 36.1 Å².